The second-order valence-electron chi connectivity index (χ2n) is 9.58. The Bertz CT molecular complexity index is 1180. The van der Waals surface area contributed by atoms with E-state index < -0.39 is 29.0 Å². The first-order valence-electron chi connectivity index (χ1n) is 10.8. The number of hydrogen-bond donors (Lipinski definition) is 3. The number of nitrogens with zero attached hydrogens (tertiary/aromatic N) is 2. The highest BCUT2D eigenvalue weighted by atomic mass is 35.5. The van der Waals surface area contributed by atoms with Crippen molar-refractivity contribution in [1.82, 2.24) is 9.78 Å². The smallest absolute Gasteiger partial charge is 0.335 e. The summed E-state index contributed by atoms with van der Waals surface area (Å²) in [5, 5.41) is 26.7. The third-order valence-corrected chi connectivity index (χ3v) is 8.00. The standard InChI is InChI=1S/C23H24ClN3O5/c1-11-2-3-14(21(29)30)7-16(11)26-17-10-25-27(20(28)19(17)24)23-8-12-4-13(9-23)6-15(5-12)18(23)22(31)32/h2-3,7,10,12-13,15,18,26H,4-6,8-9H2,1H3,(H,29,30)(H,31,32)/t12-,13-,15?,18+,23?/m0/s1. The molecule has 1 aromatic heterocycles. The number of hydrogen-bond acceptors (Lipinski definition) is 5. The maximum absolute atomic E-state index is 13.4. The highest BCUT2D eigenvalue weighted by Crippen LogP contribution is 2.61. The molecule has 2 aromatic rings. The van der Waals surface area contributed by atoms with E-state index in [2.05, 4.69) is 10.4 Å². The van der Waals surface area contributed by atoms with E-state index in [0.29, 0.717) is 30.4 Å². The predicted molar refractivity (Wildman–Crippen MR) is 118 cm³/mol. The molecule has 0 aliphatic heterocycles. The van der Waals surface area contributed by atoms with E-state index in [4.69, 9.17) is 11.6 Å². The second-order valence-corrected chi connectivity index (χ2v) is 9.95. The van der Waals surface area contributed by atoms with Crippen molar-refractivity contribution >= 4 is 34.9 Å². The summed E-state index contributed by atoms with van der Waals surface area (Å²) < 4.78 is 1.34. The minimum atomic E-state index is -1.06. The van der Waals surface area contributed by atoms with Crippen molar-refractivity contribution in [1.29, 1.82) is 0 Å². The molecule has 32 heavy (non-hydrogen) atoms. The van der Waals surface area contributed by atoms with Gasteiger partial charge in [0.2, 0.25) is 0 Å². The van der Waals surface area contributed by atoms with Crippen LogP contribution < -0.4 is 10.9 Å². The summed E-state index contributed by atoms with van der Waals surface area (Å²) in [7, 11) is 0. The van der Waals surface area contributed by atoms with E-state index in [0.717, 1.165) is 24.8 Å². The molecule has 3 atom stereocenters. The molecule has 4 aliphatic rings. The lowest BCUT2D eigenvalue weighted by Gasteiger charge is -2.59. The SMILES string of the molecule is Cc1ccc(C(=O)O)cc1Nc1cnn(C23C[C@@H]4CC(C[C@H](C4)C2)[C@@H]3C(=O)O)c(=O)c1Cl. The molecule has 3 N–H and O–H groups in total. The summed E-state index contributed by atoms with van der Waals surface area (Å²) in [4.78, 5) is 36.9. The summed E-state index contributed by atoms with van der Waals surface area (Å²) in [6.45, 7) is 1.81. The Balaban J connectivity index is 1.55. The minimum Gasteiger partial charge on any atom is -0.481 e. The fraction of sp³-hybridized carbons (Fsp3) is 0.478. The lowest BCUT2D eigenvalue weighted by Crippen LogP contribution is -2.63. The van der Waals surface area contributed by atoms with Gasteiger partial charge in [0.15, 0.2) is 0 Å². The molecule has 0 spiro atoms. The number of aromatic carboxylic acids is 1. The molecule has 8 nitrogen and oxygen atoms in total. The number of nitrogens with one attached hydrogen (secondary N) is 1. The van der Waals surface area contributed by atoms with E-state index in [1.54, 1.807) is 6.07 Å². The van der Waals surface area contributed by atoms with Crippen LogP contribution in [0.25, 0.3) is 0 Å². The van der Waals surface area contributed by atoms with Gasteiger partial charge in [0, 0.05) is 5.69 Å². The Kier molecular flexibility index (Phi) is 4.81. The first-order chi connectivity index (χ1) is 15.2. The molecule has 1 aromatic carbocycles. The Hall–Kier alpha value is -2.87. The van der Waals surface area contributed by atoms with Crippen molar-refractivity contribution in [2.45, 2.75) is 44.6 Å². The number of carboxylic acid groups (broad SMARTS) is 2. The van der Waals surface area contributed by atoms with Crippen LogP contribution in [0.4, 0.5) is 11.4 Å². The highest BCUT2D eigenvalue weighted by molar-refractivity contribution is 6.33. The molecule has 1 heterocycles. The second kappa shape index (κ2) is 7.33. The van der Waals surface area contributed by atoms with Crippen molar-refractivity contribution in [2.75, 3.05) is 5.32 Å². The molecule has 4 bridgehead atoms. The van der Waals surface area contributed by atoms with Crippen LogP contribution in [-0.2, 0) is 10.3 Å². The zero-order valence-corrected chi connectivity index (χ0v) is 18.3. The topological polar surface area (TPSA) is 122 Å². The summed E-state index contributed by atoms with van der Waals surface area (Å²) >= 11 is 6.47. The van der Waals surface area contributed by atoms with Crippen LogP contribution in [0.2, 0.25) is 5.02 Å². The van der Waals surface area contributed by atoms with Crippen LogP contribution >= 0.6 is 11.6 Å². The van der Waals surface area contributed by atoms with Crippen LogP contribution in [0.15, 0.2) is 29.2 Å². The van der Waals surface area contributed by atoms with Gasteiger partial charge < -0.3 is 15.5 Å². The minimum absolute atomic E-state index is 0.0606. The molecule has 0 radical (unpaired) electrons. The van der Waals surface area contributed by atoms with Gasteiger partial charge in [-0.15, -0.1) is 0 Å². The van der Waals surface area contributed by atoms with Gasteiger partial charge in [0.1, 0.15) is 5.02 Å². The average molecular weight is 458 g/mol. The number of carbonyl (C=O) groups is 2. The third-order valence-electron chi connectivity index (χ3n) is 7.63. The Morgan fingerprint density at radius 1 is 1.16 bits per heavy atom. The summed E-state index contributed by atoms with van der Waals surface area (Å²) in [5.74, 6) is -1.70. The van der Waals surface area contributed by atoms with Gasteiger partial charge in [-0.3, -0.25) is 9.59 Å². The molecule has 4 saturated carbocycles. The zero-order valence-electron chi connectivity index (χ0n) is 17.5. The number of halogens is 1. The molecule has 0 unspecified atom stereocenters. The van der Waals surface area contributed by atoms with Crippen molar-refractivity contribution in [3.63, 3.8) is 0 Å². The molecule has 4 aliphatic carbocycles. The maximum Gasteiger partial charge on any atom is 0.335 e. The van der Waals surface area contributed by atoms with E-state index >= 15 is 0 Å². The van der Waals surface area contributed by atoms with Crippen LogP contribution in [0, 0.1) is 30.6 Å². The van der Waals surface area contributed by atoms with Crippen LogP contribution in [-0.4, -0.2) is 31.9 Å². The van der Waals surface area contributed by atoms with Gasteiger partial charge in [-0.1, -0.05) is 17.7 Å². The van der Waals surface area contributed by atoms with Crippen molar-refractivity contribution < 1.29 is 19.8 Å². The van der Waals surface area contributed by atoms with E-state index in [1.807, 2.05) is 6.92 Å². The predicted octanol–water partition coefficient (Wildman–Crippen LogP) is 3.88. The number of aryl methyl sites for hydroxylation is 1. The molecular formula is C23H24ClN3O5. The molecule has 0 amide bonds. The summed E-state index contributed by atoms with van der Waals surface area (Å²) in [6.07, 6.45) is 5.59. The first-order valence-corrected chi connectivity index (χ1v) is 11.2. The number of carboxylic acids is 2. The Morgan fingerprint density at radius 2 is 1.84 bits per heavy atom. The number of anilines is 2. The summed E-state index contributed by atoms with van der Waals surface area (Å²) in [6, 6.07) is 4.64. The van der Waals surface area contributed by atoms with Crippen LogP contribution in [0.3, 0.4) is 0 Å². The molecule has 168 valence electrons. The number of benzene rings is 1. The van der Waals surface area contributed by atoms with Crippen LogP contribution in [0.1, 0.15) is 48.0 Å². The molecule has 6 rings (SSSR count). The lowest BCUT2D eigenvalue weighted by atomic mass is 9.48. The fourth-order valence-corrected chi connectivity index (χ4v) is 6.78. The largest absolute Gasteiger partial charge is 0.481 e. The van der Waals surface area contributed by atoms with Gasteiger partial charge >= 0.3 is 11.9 Å². The maximum atomic E-state index is 13.4. The van der Waals surface area contributed by atoms with Crippen molar-refractivity contribution in [3.8, 4) is 0 Å². The van der Waals surface area contributed by atoms with E-state index in [-0.39, 0.29) is 22.2 Å². The Labute approximate surface area is 189 Å². The monoisotopic (exact) mass is 457 g/mol. The molecule has 0 saturated heterocycles. The first kappa shape index (κ1) is 21.0. The van der Waals surface area contributed by atoms with E-state index in [1.165, 1.54) is 23.0 Å². The fourth-order valence-electron chi connectivity index (χ4n) is 6.61. The zero-order chi connectivity index (χ0) is 22.8. The highest BCUT2D eigenvalue weighted by Gasteiger charge is 2.61. The third kappa shape index (κ3) is 3.11. The van der Waals surface area contributed by atoms with Crippen LogP contribution in [0.5, 0.6) is 0 Å². The number of aromatic nitrogens is 2. The molecule has 4 fully saturated rings. The van der Waals surface area contributed by atoms with Gasteiger partial charge in [-0.2, -0.15) is 5.10 Å². The summed E-state index contributed by atoms with van der Waals surface area (Å²) in [5.41, 5.74) is 0.283. The van der Waals surface area contributed by atoms with Gasteiger partial charge in [0.05, 0.1) is 28.9 Å². The molecular weight excluding hydrogens is 434 g/mol. The molecule has 9 heteroatoms. The quantitative estimate of drug-likeness (QED) is 0.622. The normalized spacial score (nSPS) is 30.3. The Morgan fingerprint density at radius 3 is 2.47 bits per heavy atom. The lowest BCUT2D eigenvalue weighted by molar-refractivity contribution is -0.168. The average Bonchev–Trinajstić information content (AvgIpc) is 2.71. The van der Waals surface area contributed by atoms with E-state index in [9.17, 15) is 24.6 Å². The van der Waals surface area contributed by atoms with Crippen molar-refractivity contribution in [3.05, 3.63) is 50.9 Å². The number of rotatable bonds is 5. The van der Waals surface area contributed by atoms with Gasteiger partial charge in [-0.25, -0.2) is 9.48 Å². The van der Waals surface area contributed by atoms with Crippen molar-refractivity contribution in [2.24, 2.45) is 23.7 Å². The van der Waals surface area contributed by atoms with Gasteiger partial charge in [0.25, 0.3) is 5.56 Å². The van der Waals surface area contributed by atoms with Gasteiger partial charge in [-0.05, 0) is 74.5 Å². The number of aliphatic carboxylic acids is 1.